The van der Waals surface area contributed by atoms with Crippen LogP contribution in [-0.4, -0.2) is 48.4 Å². The van der Waals surface area contributed by atoms with Gasteiger partial charge in [0.15, 0.2) is 0 Å². The van der Waals surface area contributed by atoms with Crippen molar-refractivity contribution in [3.63, 3.8) is 0 Å². The predicted octanol–water partition coefficient (Wildman–Crippen LogP) is 1.29. The average molecular weight is 254 g/mol. The zero-order valence-electron chi connectivity index (χ0n) is 9.03. The first-order valence-corrected chi connectivity index (χ1v) is 5.27. The fourth-order valence-corrected chi connectivity index (χ4v) is 1.88. The van der Waals surface area contributed by atoms with Crippen molar-refractivity contribution in [3.8, 4) is 0 Å². The van der Waals surface area contributed by atoms with Crippen LogP contribution in [0.4, 0.5) is 9.18 Å². The molecule has 0 aromatic heterocycles. The molecular formula is C9H13ClFNO4. The van der Waals surface area contributed by atoms with E-state index in [9.17, 15) is 14.0 Å². The molecular weight excluding hydrogens is 241 g/mol. The smallest absolute Gasteiger partial charge is 0.412 e. The third-order valence-corrected chi connectivity index (χ3v) is 2.88. The van der Waals surface area contributed by atoms with Gasteiger partial charge >= 0.3 is 17.9 Å². The molecule has 5 nitrogen and oxygen atoms in total. The van der Waals surface area contributed by atoms with Gasteiger partial charge in [-0.1, -0.05) is 0 Å². The van der Waals surface area contributed by atoms with Gasteiger partial charge in [0.2, 0.25) is 0 Å². The minimum atomic E-state index is -2.64. The molecule has 0 aliphatic carbocycles. The lowest BCUT2D eigenvalue weighted by Gasteiger charge is -2.29. The van der Waals surface area contributed by atoms with Crippen LogP contribution in [0.3, 0.4) is 0 Å². The van der Waals surface area contributed by atoms with E-state index in [4.69, 9.17) is 11.6 Å². The molecule has 92 valence electrons. The number of likely N-dealkylation sites (tertiary alicyclic amines) is 1. The molecule has 0 bridgehead atoms. The molecule has 0 saturated carbocycles. The maximum atomic E-state index is 14.4. The highest BCUT2D eigenvalue weighted by molar-refractivity contribution is 6.23. The molecule has 7 heteroatoms. The molecule has 0 N–H and O–H groups in total. The van der Waals surface area contributed by atoms with Crippen LogP contribution < -0.4 is 0 Å². The summed E-state index contributed by atoms with van der Waals surface area (Å²) in [5.41, 5.74) is 0. The van der Waals surface area contributed by atoms with Gasteiger partial charge in [0.1, 0.15) is 0 Å². The monoisotopic (exact) mass is 253 g/mol. The number of carbonyl (C=O) groups is 2. The van der Waals surface area contributed by atoms with Crippen LogP contribution in [0.1, 0.15) is 13.3 Å². The van der Waals surface area contributed by atoms with Gasteiger partial charge in [-0.05, 0) is 13.3 Å². The second-order valence-electron chi connectivity index (χ2n) is 3.27. The van der Waals surface area contributed by atoms with Gasteiger partial charge in [-0.15, -0.1) is 11.6 Å². The largest absolute Gasteiger partial charge is 0.465 e. The summed E-state index contributed by atoms with van der Waals surface area (Å²) < 4.78 is 23.3. The molecule has 1 amide bonds. The molecule has 1 heterocycles. The Morgan fingerprint density at radius 2 is 2.25 bits per heavy atom. The summed E-state index contributed by atoms with van der Waals surface area (Å²) in [6.07, 6.45) is -0.732. The molecule has 16 heavy (non-hydrogen) atoms. The third kappa shape index (κ3) is 1.93. The summed E-state index contributed by atoms with van der Waals surface area (Å²) in [6, 6.07) is 0. The molecule has 1 aliphatic rings. The van der Waals surface area contributed by atoms with Crippen LogP contribution in [0.2, 0.25) is 0 Å². The van der Waals surface area contributed by atoms with Gasteiger partial charge in [-0.25, -0.2) is 14.0 Å². The van der Waals surface area contributed by atoms with Crippen molar-refractivity contribution in [1.29, 1.82) is 0 Å². The van der Waals surface area contributed by atoms with E-state index in [1.54, 1.807) is 6.92 Å². The van der Waals surface area contributed by atoms with Gasteiger partial charge in [-0.2, -0.15) is 0 Å². The van der Waals surface area contributed by atoms with Crippen molar-refractivity contribution >= 4 is 23.7 Å². The number of nitrogens with zero attached hydrogens (tertiary/aromatic N) is 1. The van der Waals surface area contributed by atoms with Crippen LogP contribution in [0.15, 0.2) is 0 Å². The first-order valence-electron chi connectivity index (χ1n) is 4.84. The maximum Gasteiger partial charge on any atom is 0.412 e. The number of hydrogen-bond donors (Lipinski definition) is 0. The summed E-state index contributed by atoms with van der Waals surface area (Å²) >= 11 is 5.71. The van der Waals surface area contributed by atoms with Crippen molar-refractivity contribution in [2.24, 2.45) is 0 Å². The minimum absolute atomic E-state index is 0.0264. The minimum Gasteiger partial charge on any atom is -0.465 e. The Kier molecular flexibility index (Phi) is 3.96. The van der Waals surface area contributed by atoms with Crippen LogP contribution in [-0.2, 0) is 14.3 Å². The first-order chi connectivity index (χ1) is 7.48. The Bertz CT molecular complexity index is 301. The molecule has 1 rings (SSSR count). The van der Waals surface area contributed by atoms with Crippen molar-refractivity contribution < 1.29 is 23.5 Å². The molecule has 0 spiro atoms. The number of methoxy groups -OCH3 is 1. The van der Waals surface area contributed by atoms with Crippen molar-refractivity contribution in [2.45, 2.75) is 24.5 Å². The molecule has 2 unspecified atom stereocenters. The summed E-state index contributed by atoms with van der Waals surface area (Å²) in [5, 5.41) is -1.12. The highest BCUT2D eigenvalue weighted by atomic mass is 35.5. The van der Waals surface area contributed by atoms with E-state index >= 15 is 0 Å². The second-order valence-corrected chi connectivity index (χ2v) is 3.80. The Labute approximate surface area is 97.4 Å². The molecule has 0 aromatic rings. The van der Waals surface area contributed by atoms with Gasteiger partial charge in [0.05, 0.1) is 19.1 Å². The second kappa shape index (κ2) is 4.86. The van der Waals surface area contributed by atoms with Crippen LogP contribution in [0.25, 0.3) is 0 Å². The predicted molar refractivity (Wildman–Crippen MR) is 53.8 cm³/mol. The quantitative estimate of drug-likeness (QED) is 0.423. The Hall–Kier alpha value is -1.04. The lowest BCUT2D eigenvalue weighted by atomic mass is 10.2. The Morgan fingerprint density at radius 3 is 2.75 bits per heavy atom. The molecule has 1 fully saturated rings. The van der Waals surface area contributed by atoms with Gasteiger partial charge in [0, 0.05) is 6.54 Å². The van der Waals surface area contributed by atoms with Crippen LogP contribution >= 0.6 is 11.6 Å². The molecule has 0 radical (unpaired) electrons. The van der Waals surface area contributed by atoms with E-state index in [2.05, 4.69) is 9.47 Å². The van der Waals surface area contributed by atoms with Gasteiger partial charge in [0.25, 0.3) is 0 Å². The number of amides is 1. The molecule has 2 atom stereocenters. The van der Waals surface area contributed by atoms with E-state index < -0.39 is 23.2 Å². The zero-order chi connectivity index (χ0) is 12.3. The zero-order valence-corrected chi connectivity index (χ0v) is 9.79. The van der Waals surface area contributed by atoms with E-state index in [0.29, 0.717) is 4.90 Å². The maximum absolute atomic E-state index is 14.4. The summed E-state index contributed by atoms with van der Waals surface area (Å²) in [7, 11) is 1.04. The van der Waals surface area contributed by atoms with E-state index in [0.717, 1.165) is 7.11 Å². The van der Waals surface area contributed by atoms with Crippen molar-refractivity contribution in [2.75, 3.05) is 20.3 Å². The third-order valence-electron chi connectivity index (χ3n) is 2.37. The number of halogens is 2. The van der Waals surface area contributed by atoms with Gasteiger partial charge in [-0.3, -0.25) is 4.90 Å². The lowest BCUT2D eigenvalue weighted by molar-refractivity contribution is -0.163. The van der Waals surface area contributed by atoms with Crippen LogP contribution in [0, 0.1) is 0 Å². The fraction of sp³-hybridized carbons (Fsp3) is 0.778. The van der Waals surface area contributed by atoms with Crippen LogP contribution in [0.5, 0.6) is 0 Å². The molecule has 1 saturated heterocycles. The number of esters is 1. The highest BCUT2D eigenvalue weighted by Crippen LogP contribution is 2.36. The molecule has 1 aliphatic heterocycles. The average Bonchev–Trinajstić information content (AvgIpc) is 2.56. The number of rotatable bonds is 2. The topological polar surface area (TPSA) is 55.8 Å². The number of ether oxygens (including phenoxy) is 2. The first kappa shape index (κ1) is 13.0. The summed E-state index contributed by atoms with van der Waals surface area (Å²) in [5.74, 6) is -3.82. The van der Waals surface area contributed by atoms with E-state index in [1.165, 1.54) is 0 Å². The standard InChI is InChI=1S/C9H13ClFNO4/c1-3-16-8(14)12-5-4-6(10)9(12,11)7(13)15-2/h6H,3-5H2,1-2H3. The number of alkyl halides is 2. The number of carbonyl (C=O) groups excluding carboxylic acids is 2. The Morgan fingerprint density at radius 1 is 1.62 bits per heavy atom. The van der Waals surface area contributed by atoms with E-state index in [-0.39, 0.29) is 19.6 Å². The normalized spacial score (nSPS) is 29.0. The summed E-state index contributed by atoms with van der Waals surface area (Å²) in [6.45, 7) is 1.71. The van der Waals surface area contributed by atoms with E-state index in [1.807, 2.05) is 0 Å². The van der Waals surface area contributed by atoms with Crippen molar-refractivity contribution in [1.82, 2.24) is 4.90 Å². The van der Waals surface area contributed by atoms with Gasteiger partial charge < -0.3 is 9.47 Å². The molecule has 0 aromatic carbocycles. The lowest BCUT2D eigenvalue weighted by Crippen LogP contribution is -2.54. The summed E-state index contributed by atoms with van der Waals surface area (Å²) in [4.78, 5) is 23.4. The SMILES string of the molecule is CCOC(=O)N1CCC(Cl)C1(F)C(=O)OC. The Balaban J connectivity index is 2.93. The van der Waals surface area contributed by atoms with Crippen molar-refractivity contribution in [3.05, 3.63) is 0 Å². The fourth-order valence-electron chi connectivity index (χ4n) is 1.57. The highest BCUT2D eigenvalue weighted by Gasteiger charge is 2.58. The number of hydrogen-bond acceptors (Lipinski definition) is 4.